The second-order valence-electron chi connectivity index (χ2n) is 6.16. The first-order chi connectivity index (χ1) is 12.2. The van der Waals surface area contributed by atoms with Gasteiger partial charge in [0, 0.05) is 30.2 Å². The highest BCUT2D eigenvalue weighted by Crippen LogP contribution is 2.41. The fourth-order valence-corrected chi connectivity index (χ4v) is 2.32. The average molecular weight is 377 g/mol. The third-order valence-electron chi connectivity index (χ3n) is 3.62. The SMILES string of the molecule is CC(=O)Nc1ccc(Oc2cc(NC(=O)C(C)C)c(O)c(Cl)c2C)cc1. The Bertz CT molecular complexity index is 832. The monoisotopic (exact) mass is 376 g/mol. The fourth-order valence-electron chi connectivity index (χ4n) is 2.13. The molecule has 0 unspecified atom stereocenters. The predicted octanol–water partition coefficient (Wildman–Crippen LogP) is 4.70. The van der Waals surface area contributed by atoms with Crippen molar-refractivity contribution in [2.24, 2.45) is 5.92 Å². The first-order valence-corrected chi connectivity index (χ1v) is 8.45. The number of ether oxygens (including phenoxy) is 1. The van der Waals surface area contributed by atoms with Crippen LogP contribution in [0.2, 0.25) is 5.02 Å². The normalized spacial score (nSPS) is 10.5. The predicted molar refractivity (Wildman–Crippen MR) is 102 cm³/mol. The van der Waals surface area contributed by atoms with Gasteiger partial charge in [0.15, 0.2) is 5.75 Å². The van der Waals surface area contributed by atoms with Gasteiger partial charge in [-0.3, -0.25) is 9.59 Å². The molecule has 0 bridgehead atoms. The van der Waals surface area contributed by atoms with Gasteiger partial charge in [-0.2, -0.15) is 0 Å². The zero-order chi connectivity index (χ0) is 19.4. The molecule has 0 spiro atoms. The number of amides is 2. The highest BCUT2D eigenvalue weighted by atomic mass is 35.5. The van der Waals surface area contributed by atoms with E-state index >= 15 is 0 Å². The van der Waals surface area contributed by atoms with Crippen molar-refractivity contribution in [2.75, 3.05) is 10.6 Å². The molecule has 3 N–H and O–H groups in total. The zero-order valence-corrected chi connectivity index (χ0v) is 15.8. The Morgan fingerprint density at radius 2 is 1.77 bits per heavy atom. The number of halogens is 1. The minimum atomic E-state index is -0.250. The molecule has 0 aliphatic carbocycles. The highest BCUT2D eigenvalue weighted by Gasteiger charge is 2.18. The minimum absolute atomic E-state index is 0.108. The van der Waals surface area contributed by atoms with Crippen molar-refractivity contribution in [1.29, 1.82) is 0 Å². The number of nitrogens with one attached hydrogen (secondary N) is 2. The summed E-state index contributed by atoms with van der Waals surface area (Å²) in [5.74, 6) is 0.0621. The van der Waals surface area contributed by atoms with Crippen molar-refractivity contribution in [3.05, 3.63) is 40.9 Å². The Hall–Kier alpha value is -2.73. The quantitative estimate of drug-likeness (QED) is 0.660. The Kier molecular flexibility index (Phi) is 6.10. The molecule has 0 aromatic heterocycles. The van der Waals surface area contributed by atoms with Crippen LogP contribution in [0.25, 0.3) is 0 Å². The fraction of sp³-hybridized carbons (Fsp3) is 0.263. The maximum Gasteiger partial charge on any atom is 0.227 e. The average Bonchev–Trinajstić information content (AvgIpc) is 2.58. The van der Waals surface area contributed by atoms with E-state index in [1.54, 1.807) is 45.0 Å². The summed E-state index contributed by atoms with van der Waals surface area (Å²) in [6, 6.07) is 8.32. The number of hydrogen-bond acceptors (Lipinski definition) is 4. The van der Waals surface area contributed by atoms with Crippen LogP contribution in [0.1, 0.15) is 26.3 Å². The van der Waals surface area contributed by atoms with Gasteiger partial charge in [0.2, 0.25) is 11.8 Å². The molecule has 2 aromatic rings. The van der Waals surface area contributed by atoms with E-state index in [9.17, 15) is 14.7 Å². The first-order valence-electron chi connectivity index (χ1n) is 8.07. The lowest BCUT2D eigenvalue weighted by molar-refractivity contribution is -0.119. The molecule has 0 radical (unpaired) electrons. The molecule has 0 saturated carbocycles. The number of carbonyl (C=O) groups excluding carboxylic acids is 2. The Labute approximate surface area is 157 Å². The van der Waals surface area contributed by atoms with Gasteiger partial charge < -0.3 is 20.5 Å². The molecular weight excluding hydrogens is 356 g/mol. The van der Waals surface area contributed by atoms with Crippen LogP contribution in [-0.2, 0) is 9.59 Å². The standard InChI is InChI=1S/C19H21ClN2O4/c1-10(2)19(25)22-15-9-16(11(3)17(20)18(15)24)26-14-7-5-13(6-8-14)21-12(4)23/h5-10,24H,1-4H3,(H,21,23)(H,22,25). The van der Waals surface area contributed by atoms with Gasteiger partial charge in [0.1, 0.15) is 11.5 Å². The smallest absolute Gasteiger partial charge is 0.227 e. The van der Waals surface area contributed by atoms with E-state index in [4.69, 9.17) is 16.3 Å². The van der Waals surface area contributed by atoms with Crippen LogP contribution >= 0.6 is 11.6 Å². The van der Waals surface area contributed by atoms with Crippen LogP contribution in [0.3, 0.4) is 0 Å². The number of aromatic hydroxyl groups is 1. The molecule has 0 fully saturated rings. The lowest BCUT2D eigenvalue weighted by atomic mass is 10.1. The van der Waals surface area contributed by atoms with Crippen molar-refractivity contribution in [1.82, 2.24) is 0 Å². The molecule has 0 heterocycles. The third kappa shape index (κ3) is 4.67. The molecule has 26 heavy (non-hydrogen) atoms. The zero-order valence-electron chi connectivity index (χ0n) is 15.0. The van der Waals surface area contributed by atoms with E-state index in [1.807, 2.05) is 0 Å². The van der Waals surface area contributed by atoms with Gasteiger partial charge in [-0.1, -0.05) is 25.4 Å². The summed E-state index contributed by atoms with van der Waals surface area (Å²) >= 11 is 6.17. The Morgan fingerprint density at radius 1 is 1.15 bits per heavy atom. The van der Waals surface area contributed by atoms with Gasteiger partial charge in [0.25, 0.3) is 0 Å². The molecule has 138 valence electrons. The Morgan fingerprint density at radius 3 is 2.31 bits per heavy atom. The number of carbonyl (C=O) groups is 2. The lowest BCUT2D eigenvalue weighted by Gasteiger charge is -2.16. The molecule has 2 amide bonds. The van der Waals surface area contributed by atoms with Crippen molar-refractivity contribution < 1.29 is 19.4 Å². The maximum atomic E-state index is 11.9. The number of hydrogen-bond donors (Lipinski definition) is 3. The second-order valence-corrected chi connectivity index (χ2v) is 6.54. The summed E-state index contributed by atoms with van der Waals surface area (Å²) in [4.78, 5) is 23.0. The van der Waals surface area contributed by atoms with Gasteiger partial charge in [-0.25, -0.2) is 0 Å². The van der Waals surface area contributed by atoms with Crippen LogP contribution < -0.4 is 15.4 Å². The topological polar surface area (TPSA) is 87.7 Å². The van der Waals surface area contributed by atoms with Gasteiger partial charge in [0.05, 0.1) is 10.7 Å². The summed E-state index contributed by atoms with van der Waals surface area (Å²) in [5.41, 5.74) is 1.37. The molecule has 0 aliphatic heterocycles. The summed E-state index contributed by atoms with van der Waals surface area (Å²) in [7, 11) is 0. The van der Waals surface area contributed by atoms with Crippen molar-refractivity contribution in [3.8, 4) is 17.2 Å². The van der Waals surface area contributed by atoms with E-state index in [0.717, 1.165) is 0 Å². The number of rotatable bonds is 5. The number of phenols is 1. The van der Waals surface area contributed by atoms with E-state index in [2.05, 4.69) is 10.6 Å². The molecule has 2 rings (SSSR count). The summed E-state index contributed by atoms with van der Waals surface area (Å²) < 4.78 is 5.83. The van der Waals surface area contributed by atoms with Crippen molar-refractivity contribution >= 4 is 34.8 Å². The van der Waals surface area contributed by atoms with E-state index in [0.29, 0.717) is 22.7 Å². The van der Waals surface area contributed by atoms with E-state index in [1.165, 1.54) is 13.0 Å². The highest BCUT2D eigenvalue weighted by molar-refractivity contribution is 6.33. The van der Waals surface area contributed by atoms with Crippen LogP contribution in [0.4, 0.5) is 11.4 Å². The molecule has 2 aromatic carbocycles. The molecule has 0 atom stereocenters. The van der Waals surface area contributed by atoms with E-state index < -0.39 is 0 Å². The number of phenolic OH excluding ortho intramolecular Hbond substituents is 1. The van der Waals surface area contributed by atoms with Crippen LogP contribution in [0.15, 0.2) is 30.3 Å². The third-order valence-corrected chi connectivity index (χ3v) is 4.08. The summed E-state index contributed by atoms with van der Waals surface area (Å²) in [6.07, 6.45) is 0. The molecule has 6 nitrogen and oxygen atoms in total. The van der Waals surface area contributed by atoms with Crippen molar-refractivity contribution in [2.45, 2.75) is 27.7 Å². The van der Waals surface area contributed by atoms with Crippen molar-refractivity contribution in [3.63, 3.8) is 0 Å². The summed E-state index contributed by atoms with van der Waals surface area (Å²) in [5, 5.41) is 15.6. The lowest BCUT2D eigenvalue weighted by Crippen LogP contribution is -2.18. The maximum absolute atomic E-state index is 11.9. The molecule has 7 heteroatoms. The molecular formula is C19H21ClN2O4. The minimum Gasteiger partial charge on any atom is -0.504 e. The van der Waals surface area contributed by atoms with E-state index in [-0.39, 0.29) is 34.2 Å². The number of anilines is 2. The second kappa shape index (κ2) is 8.10. The van der Waals surface area contributed by atoms with Crippen LogP contribution in [0, 0.1) is 12.8 Å². The molecule has 0 saturated heterocycles. The first kappa shape index (κ1) is 19.6. The number of benzene rings is 2. The largest absolute Gasteiger partial charge is 0.504 e. The van der Waals surface area contributed by atoms with Crippen LogP contribution in [0.5, 0.6) is 17.2 Å². The van der Waals surface area contributed by atoms with Gasteiger partial charge in [-0.05, 0) is 31.2 Å². The van der Waals surface area contributed by atoms with Gasteiger partial charge >= 0.3 is 0 Å². The van der Waals surface area contributed by atoms with Gasteiger partial charge in [-0.15, -0.1) is 0 Å². The Balaban J connectivity index is 2.29. The summed E-state index contributed by atoms with van der Waals surface area (Å²) in [6.45, 7) is 6.63. The van der Waals surface area contributed by atoms with Crippen LogP contribution in [-0.4, -0.2) is 16.9 Å². The molecule has 0 aliphatic rings.